The molecular weight excluding hydrogens is 661 g/mol. The Bertz CT molecular complexity index is 1260. The first kappa shape index (κ1) is 39.3. The van der Waals surface area contributed by atoms with Crippen molar-refractivity contribution in [2.75, 3.05) is 12.5 Å². The number of alkyl halides is 7. The second kappa shape index (κ2) is 17.9. The maximum atomic E-state index is 13.3. The van der Waals surface area contributed by atoms with E-state index in [0.717, 1.165) is 25.7 Å². The summed E-state index contributed by atoms with van der Waals surface area (Å²) in [6, 6.07) is 9.12. The van der Waals surface area contributed by atoms with Gasteiger partial charge in [0.05, 0.1) is 29.4 Å². The molecule has 46 heavy (non-hydrogen) atoms. The summed E-state index contributed by atoms with van der Waals surface area (Å²) in [5.74, 6) is -0.114. The van der Waals surface area contributed by atoms with Gasteiger partial charge < -0.3 is 15.4 Å². The van der Waals surface area contributed by atoms with Crippen LogP contribution in [0.3, 0.4) is 0 Å². The summed E-state index contributed by atoms with van der Waals surface area (Å²) in [4.78, 5) is 35.2. The summed E-state index contributed by atoms with van der Waals surface area (Å²) >= 11 is 10.4. The quantitative estimate of drug-likeness (QED) is 0.0898. The first-order chi connectivity index (χ1) is 21.5. The third-order valence-electron chi connectivity index (χ3n) is 7.32. The Morgan fingerprint density at radius 1 is 0.978 bits per heavy atom. The summed E-state index contributed by atoms with van der Waals surface area (Å²) in [7, 11) is 0. The highest BCUT2D eigenvalue weighted by Crippen LogP contribution is 2.39. The van der Waals surface area contributed by atoms with Crippen LogP contribution in [0.15, 0.2) is 48.5 Å². The monoisotopic (exact) mass is 698 g/mol. The summed E-state index contributed by atoms with van der Waals surface area (Å²) < 4.78 is 85.7. The highest BCUT2D eigenvalue weighted by Gasteiger charge is 2.46. The molecule has 1 aliphatic rings. The zero-order valence-electron chi connectivity index (χ0n) is 25.5. The van der Waals surface area contributed by atoms with Crippen molar-refractivity contribution < 1.29 is 45.5 Å². The van der Waals surface area contributed by atoms with Gasteiger partial charge in [0, 0.05) is 25.1 Å². The average Bonchev–Trinajstić information content (AvgIpc) is 3.31. The van der Waals surface area contributed by atoms with Crippen LogP contribution in [0, 0.1) is 0 Å². The Balaban J connectivity index is 0.000000812. The lowest BCUT2D eigenvalue weighted by Gasteiger charge is -2.31. The molecule has 1 heterocycles. The molecule has 0 aromatic heterocycles. The van der Waals surface area contributed by atoms with E-state index in [1.54, 1.807) is 30.3 Å². The first-order valence-electron chi connectivity index (χ1n) is 14.8. The van der Waals surface area contributed by atoms with Gasteiger partial charge in [0.25, 0.3) is 0 Å². The number of rotatable bonds is 14. The molecule has 0 radical (unpaired) electrons. The Morgan fingerprint density at radius 3 is 2.09 bits per heavy atom. The van der Waals surface area contributed by atoms with Gasteiger partial charge in [-0.15, -0.1) is 11.6 Å². The number of hydrogen-bond donors (Lipinski definition) is 2. The van der Waals surface area contributed by atoms with E-state index in [1.807, 2.05) is 6.92 Å². The summed E-state index contributed by atoms with van der Waals surface area (Å²) in [6.07, 6.45) is -6.16. The molecule has 1 unspecified atom stereocenters. The predicted octanol–water partition coefficient (Wildman–Crippen LogP) is 8.44. The highest BCUT2D eigenvalue weighted by atomic mass is 35.5. The van der Waals surface area contributed by atoms with Crippen molar-refractivity contribution in [2.45, 2.75) is 95.3 Å². The van der Waals surface area contributed by atoms with Gasteiger partial charge in [0.2, 0.25) is 17.1 Å². The maximum Gasteiger partial charge on any atom is 0.416 e. The van der Waals surface area contributed by atoms with E-state index in [4.69, 9.17) is 27.9 Å². The lowest BCUT2D eigenvalue weighted by atomic mass is 9.88. The molecule has 3 rings (SSSR count). The number of ether oxygens (including phenoxy) is 1. The number of hydrogen-bond acceptors (Lipinski definition) is 4. The molecule has 3 atom stereocenters. The summed E-state index contributed by atoms with van der Waals surface area (Å²) in [5, 5.41) is 5.30. The molecule has 0 saturated carbocycles. The Morgan fingerprint density at radius 2 is 1.57 bits per heavy atom. The molecule has 1 aliphatic heterocycles. The van der Waals surface area contributed by atoms with Crippen LogP contribution in [0.25, 0.3) is 0 Å². The van der Waals surface area contributed by atoms with Gasteiger partial charge in [-0.1, -0.05) is 50.1 Å². The van der Waals surface area contributed by atoms with E-state index in [2.05, 4.69) is 10.6 Å². The van der Waals surface area contributed by atoms with Crippen LogP contribution in [0.2, 0.25) is 0 Å². The zero-order chi connectivity index (χ0) is 34.5. The van der Waals surface area contributed by atoms with Crippen molar-refractivity contribution in [1.82, 2.24) is 10.6 Å². The molecule has 6 nitrogen and oxygen atoms in total. The second-order valence-electron chi connectivity index (χ2n) is 11.0. The molecule has 14 heteroatoms. The molecule has 2 amide bonds. The number of amides is 2. The third-order valence-corrected chi connectivity index (χ3v) is 7.77. The Labute approximate surface area is 274 Å². The van der Waals surface area contributed by atoms with Gasteiger partial charge in [0.15, 0.2) is 0 Å². The number of carbonyl (C=O) groups is 3. The predicted molar refractivity (Wildman–Crippen MR) is 163 cm³/mol. The smallest absolute Gasteiger partial charge is 0.371 e. The number of nitrogens with one attached hydrogen (secondary N) is 2. The van der Waals surface area contributed by atoms with Crippen molar-refractivity contribution in [3.63, 3.8) is 0 Å². The van der Waals surface area contributed by atoms with Gasteiger partial charge in [-0.3, -0.25) is 14.4 Å². The number of benzene rings is 2. The minimum absolute atomic E-state index is 0.0622. The van der Waals surface area contributed by atoms with Crippen molar-refractivity contribution in [2.24, 2.45) is 0 Å². The number of halogens is 8. The maximum absolute atomic E-state index is 13.3. The van der Waals surface area contributed by atoms with Crippen molar-refractivity contribution in [1.29, 1.82) is 0 Å². The van der Waals surface area contributed by atoms with E-state index in [0.29, 0.717) is 36.4 Å². The van der Waals surface area contributed by atoms with Crippen molar-refractivity contribution >= 4 is 40.3 Å². The zero-order valence-corrected chi connectivity index (χ0v) is 27.0. The van der Waals surface area contributed by atoms with Crippen LogP contribution in [-0.2, 0) is 37.0 Å². The molecule has 1 fully saturated rings. The first-order valence-corrected chi connectivity index (χ1v) is 15.8. The van der Waals surface area contributed by atoms with Crippen LogP contribution >= 0.6 is 23.2 Å². The number of unbranched alkanes of at least 4 members (excludes halogenated alkanes) is 3. The molecule has 0 bridgehead atoms. The molecular formula is C32H38Cl2F6N2O4. The summed E-state index contributed by atoms with van der Waals surface area (Å²) in [6.45, 7) is 3.10. The minimum Gasteiger partial charge on any atom is -0.371 e. The van der Waals surface area contributed by atoms with Crippen LogP contribution < -0.4 is 10.6 Å². The lowest BCUT2D eigenvalue weighted by Crippen LogP contribution is -2.43. The molecule has 0 spiro atoms. The Hall–Kier alpha value is -2.83. The molecule has 0 aliphatic carbocycles. The van der Waals surface area contributed by atoms with Crippen LogP contribution in [0.5, 0.6) is 0 Å². The molecule has 2 aromatic carbocycles. The largest absolute Gasteiger partial charge is 0.416 e. The molecule has 2 aromatic rings. The molecule has 256 valence electrons. The standard InChI is InChI=1S/C27H30F6N2O3.C5H8Cl2O/c1-3-4-6-11-23(36)34-22-15-25(35-24(22)37,19-9-7-5-8-10-19)16-38-17(2)18-12-20(26(28,29)30)14-21(13-18)27(31,32)33;6-4-2-1-3-5(7)8/h5,7-10,12-14,17,22H,3-4,6,11,15-16H2,1-2H3,(H,34,36)(H,35,37);1-4H2/t17-,22?,25-;/m1./s1. The van der Waals surface area contributed by atoms with Crippen LogP contribution in [-0.4, -0.2) is 35.6 Å². The topological polar surface area (TPSA) is 84.5 Å². The van der Waals surface area contributed by atoms with E-state index < -0.39 is 47.1 Å². The average molecular weight is 700 g/mol. The van der Waals surface area contributed by atoms with Crippen LogP contribution in [0.1, 0.15) is 93.6 Å². The van der Waals surface area contributed by atoms with Gasteiger partial charge >= 0.3 is 12.4 Å². The third kappa shape index (κ3) is 12.4. The van der Waals surface area contributed by atoms with Gasteiger partial charge in [0.1, 0.15) is 6.04 Å². The second-order valence-corrected chi connectivity index (χ2v) is 11.8. The van der Waals surface area contributed by atoms with Crippen molar-refractivity contribution in [3.05, 3.63) is 70.8 Å². The fourth-order valence-electron chi connectivity index (χ4n) is 4.79. The SMILES string of the molecule is CCCCCC(=O)NC1C[C@@](CO[C@H](C)c2cc(C(F)(F)F)cc(C(F)(F)F)c2)(c2ccccc2)NC1=O.O=C(Cl)CCCCCl. The summed E-state index contributed by atoms with van der Waals surface area (Å²) in [5.41, 5.74) is -3.70. The van der Waals surface area contributed by atoms with Crippen LogP contribution in [0.4, 0.5) is 26.3 Å². The lowest BCUT2D eigenvalue weighted by molar-refractivity contribution is -0.143. The number of carbonyl (C=O) groups excluding carboxylic acids is 3. The van der Waals surface area contributed by atoms with E-state index in [-0.39, 0.29) is 42.2 Å². The molecule has 1 saturated heterocycles. The van der Waals surface area contributed by atoms with E-state index in [9.17, 15) is 40.7 Å². The van der Waals surface area contributed by atoms with Gasteiger partial charge in [-0.25, -0.2) is 0 Å². The molecule has 2 N–H and O–H groups in total. The fourth-order valence-corrected chi connectivity index (χ4v) is 5.12. The minimum atomic E-state index is -4.98. The normalized spacial score (nSPS) is 18.7. The van der Waals surface area contributed by atoms with Gasteiger partial charge in [-0.05, 0) is 67.1 Å². The van der Waals surface area contributed by atoms with Gasteiger partial charge in [-0.2, -0.15) is 26.3 Å². The highest BCUT2D eigenvalue weighted by molar-refractivity contribution is 6.63. The Kier molecular flexibility index (Phi) is 15.3. The fraction of sp³-hybridized carbons (Fsp3) is 0.531. The van der Waals surface area contributed by atoms with E-state index in [1.165, 1.54) is 6.92 Å². The van der Waals surface area contributed by atoms with E-state index >= 15 is 0 Å². The van der Waals surface area contributed by atoms with Crippen molar-refractivity contribution in [3.8, 4) is 0 Å².